The van der Waals surface area contributed by atoms with E-state index in [1.165, 1.54) is 12.4 Å². The van der Waals surface area contributed by atoms with Gasteiger partial charge in [0, 0.05) is 10.7 Å². The first-order valence-electron chi connectivity index (χ1n) is 8.11. The van der Waals surface area contributed by atoms with E-state index in [0.717, 1.165) is 5.69 Å². The molecule has 0 unspecified atom stereocenters. The highest BCUT2D eigenvalue weighted by atomic mass is 35.5. The van der Waals surface area contributed by atoms with Crippen molar-refractivity contribution in [1.82, 2.24) is 20.1 Å². The van der Waals surface area contributed by atoms with Crippen LogP contribution in [-0.2, 0) is 9.59 Å². The van der Waals surface area contributed by atoms with Gasteiger partial charge in [-0.1, -0.05) is 23.2 Å². The van der Waals surface area contributed by atoms with Crippen LogP contribution in [0.2, 0.25) is 10.0 Å². The summed E-state index contributed by atoms with van der Waals surface area (Å²) >= 11 is 11.8. The van der Waals surface area contributed by atoms with Crippen LogP contribution in [0.25, 0.3) is 5.69 Å². The second-order valence-electron chi connectivity index (χ2n) is 5.58. The minimum absolute atomic E-state index is 0.193. The molecule has 1 heterocycles. The molecule has 8 nitrogen and oxygen atoms in total. The minimum atomic E-state index is -0.456. The lowest BCUT2D eigenvalue weighted by atomic mass is 10.3. The van der Waals surface area contributed by atoms with Crippen LogP contribution < -0.4 is 15.4 Å². The molecule has 1 aromatic heterocycles. The first kappa shape index (κ1) is 19.7. The van der Waals surface area contributed by atoms with Crippen LogP contribution in [0.4, 0.5) is 5.69 Å². The summed E-state index contributed by atoms with van der Waals surface area (Å²) < 4.78 is 6.90. The average Bonchev–Trinajstić information content (AvgIpc) is 3.21. The van der Waals surface area contributed by atoms with Gasteiger partial charge in [0.25, 0.3) is 5.91 Å². The van der Waals surface area contributed by atoms with Crippen molar-refractivity contribution in [2.75, 3.05) is 18.5 Å². The molecule has 2 aromatic carbocycles. The number of halogens is 2. The molecule has 0 fully saturated rings. The Bertz CT molecular complexity index is 962. The summed E-state index contributed by atoms with van der Waals surface area (Å²) in [6.45, 7) is -0.470. The van der Waals surface area contributed by atoms with E-state index in [4.69, 9.17) is 27.9 Å². The van der Waals surface area contributed by atoms with Crippen LogP contribution in [0.1, 0.15) is 0 Å². The van der Waals surface area contributed by atoms with Crippen LogP contribution in [0, 0.1) is 0 Å². The van der Waals surface area contributed by atoms with Crippen molar-refractivity contribution < 1.29 is 14.3 Å². The summed E-state index contributed by atoms with van der Waals surface area (Å²) in [6, 6.07) is 11.7. The summed E-state index contributed by atoms with van der Waals surface area (Å²) in [6.07, 6.45) is 3.01. The van der Waals surface area contributed by atoms with Crippen molar-refractivity contribution >= 4 is 40.7 Å². The Balaban J connectivity index is 1.43. The normalized spacial score (nSPS) is 10.4. The van der Waals surface area contributed by atoms with Gasteiger partial charge in [0.2, 0.25) is 5.91 Å². The van der Waals surface area contributed by atoms with E-state index < -0.39 is 5.91 Å². The molecule has 28 heavy (non-hydrogen) atoms. The van der Waals surface area contributed by atoms with E-state index in [0.29, 0.717) is 21.5 Å². The van der Waals surface area contributed by atoms with E-state index >= 15 is 0 Å². The fourth-order valence-corrected chi connectivity index (χ4v) is 2.67. The summed E-state index contributed by atoms with van der Waals surface area (Å²) in [7, 11) is 0. The lowest BCUT2D eigenvalue weighted by Gasteiger charge is -2.10. The van der Waals surface area contributed by atoms with Crippen molar-refractivity contribution in [2.45, 2.75) is 0 Å². The Morgan fingerprint density at radius 3 is 2.54 bits per heavy atom. The molecule has 0 aliphatic carbocycles. The number of hydrogen-bond acceptors (Lipinski definition) is 5. The SMILES string of the molecule is O=C(COc1ccc(Cl)cc1Cl)NCC(=O)Nc1ccc(-n2cncn2)cc1. The molecule has 10 heteroatoms. The lowest BCUT2D eigenvalue weighted by molar-refractivity contribution is -0.125. The number of carbonyl (C=O) groups excluding carboxylic acids is 2. The monoisotopic (exact) mass is 419 g/mol. The summed E-state index contributed by atoms with van der Waals surface area (Å²) in [4.78, 5) is 27.7. The second-order valence-corrected chi connectivity index (χ2v) is 6.42. The second kappa shape index (κ2) is 9.20. The molecule has 0 saturated heterocycles. The van der Waals surface area contributed by atoms with E-state index in [9.17, 15) is 9.59 Å². The van der Waals surface area contributed by atoms with Gasteiger partial charge >= 0.3 is 0 Å². The Morgan fingerprint density at radius 1 is 1.07 bits per heavy atom. The predicted molar refractivity (Wildman–Crippen MR) is 105 cm³/mol. The van der Waals surface area contributed by atoms with Gasteiger partial charge in [-0.3, -0.25) is 9.59 Å². The highest BCUT2D eigenvalue weighted by Crippen LogP contribution is 2.27. The number of amides is 2. The Labute approximate surface area is 170 Å². The van der Waals surface area contributed by atoms with Gasteiger partial charge < -0.3 is 15.4 Å². The molecule has 0 atom stereocenters. The van der Waals surface area contributed by atoms with Crippen LogP contribution in [0.5, 0.6) is 5.75 Å². The molecule has 0 spiro atoms. The number of anilines is 1. The number of hydrogen-bond donors (Lipinski definition) is 2. The molecule has 0 aliphatic rings. The molecule has 2 amide bonds. The number of carbonyl (C=O) groups is 2. The van der Waals surface area contributed by atoms with Crippen molar-refractivity contribution in [1.29, 1.82) is 0 Å². The Kier molecular flexibility index (Phi) is 6.46. The number of nitrogens with one attached hydrogen (secondary N) is 2. The number of aromatic nitrogens is 3. The van der Waals surface area contributed by atoms with Gasteiger partial charge in [-0.05, 0) is 42.5 Å². The fraction of sp³-hybridized carbons (Fsp3) is 0.111. The zero-order chi connectivity index (χ0) is 19.9. The molecule has 144 valence electrons. The summed E-state index contributed by atoms with van der Waals surface area (Å²) in [5.74, 6) is -0.493. The highest BCUT2D eigenvalue weighted by Gasteiger charge is 2.09. The molecular weight excluding hydrogens is 405 g/mol. The molecule has 3 aromatic rings. The standard InChI is InChI=1S/C18H15Cl2N5O3/c19-12-1-6-16(15(20)7-12)28-9-18(27)22-8-17(26)24-13-2-4-14(5-3-13)25-11-21-10-23-25/h1-7,10-11H,8-9H2,(H,22,27)(H,24,26). The molecule has 2 N–H and O–H groups in total. The minimum Gasteiger partial charge on any atom is -0.482 e. The quantitative estimate of drug-likeness (QED) is 0.613. The zero-order valence-electron chi connectivity index (χ0n) is 14.4. The molecule has 0 aliphatic heterocycles. The van der Waals surface area contributed by atoms with Gasteiger partial charge in [-0.15, -0.1) is 0 Å². The Morgan fingerprint density at radius 2 is 1.86 bits per heavy atom. The van der Waals surface area contributed by atoms with Crippen molar-refractivity contribution in [3.8, 4) is 11.4 Å². The third-order valence-corrected chi connectivity index (χ3v) is 4.06. The lowest BCUT2D eigenvalue weighted by Crippen LogP contribution is -2.35. The van der Waals surface area contributed by atoms with Crippen molar-refractivity contribution in [2.24, 2.45) is 0 Å². The van der Waals surface area contributed by atoms with Gasteiger partial charge in [0.15, 0.2) is 6.61 Å². The number of benzene rings is 2. The van der Waals surface area contributed by atoms with Gasteiger partial charge in [-0.25, -0.2) is 9.67 Å². The van der Waals surface area contributed by atoms with E-state index in [1.54, 1.807) is 47.4 Å². The van der Waals surface area contributed by atoms with E-state index in [-0.39, 0.29) is 19.1 Å². The molecule has 0 radical (unpaired) electrons. The zero-order valence-corrected chi connectivity index (χ0v) is 15.9. The smallest absolute Gasteiger partial charge is 0.258 e. The Hall–Kier alpha value is -3.10. The molecular formula is C18H15Cl2N5O3. The number of ether oxygens (including phenoxy) is 1. The third kappa shape index (κ3) is 5.45. The number of nitrogens with zero attached hydrogens (tertiary/aromatic N) is 3. The fourth-order valence-electron chi connectivity index (χ4n) is 2.21. The maximum Gasteiger partial charge on any atom is 0.258 e. The third-order valence-electron chi connectivity index (χ3n) is 3.53. The maximum atomic E-state index is 12.0. The largest absolute Gasteiger partial charge is 0.482 e. The molecule has 3 rings (SSSR count). The summed E-state index contributed by atoms with van der Waals surface area (Å²) in [5.41, 5.74) is 1.40. The summed E-state index contributed by atoms with van der Waals surface area (Å²) in [5, 5.41) is 9.94. The van der Waals surface area contributed by atoms with E-state index in [2.05, 4.69) is 20.7 Å². The topological polar surface area (TPSA) is 98.1 Å². The van der Waals surface area contributed by atoms with Gasteiger partial charge in [0.1, 0.15) is 18.4 Å². The highest BCUT2D eigenvalue weighted by molar-refractivity contribution is 6.35. The van der Waals surface area contributed by atoms with Gasteiger partial charge in [0.05, 0.1) is 17.3 Å². The van der Waals surface area contributed by atoms with Crippen LogP contribution in [0.3, 0.4) is 0 Å². The first-order valence-corrected chi connectivity index (χ1v) is 8.86. The van der Waals surface area contributed by atoms with Crippen molar-refractivity contribution in [3.63, 3.8) is 0 Å². The van der Waals surface area contributed by atoms with Crippen molar-refractivity contribution in [3.05, 3.63) is 65.2 Å². The van der Waals surface area contributed by atoms with E-state index in [1.807, 2.05) is 0 Å². The molecule has 0 saturated carbocycles. The average molecular weight is 420 g/mol. The maximum absolute atomic E-state index is 12.0. The van der Waals surface area contributed by atoms with Crippen LogP contribution in [-0.4, -0.2) is 39.7 Å². The molecule has 0 bridgehead atoms. The first-order chi connectivity index (χ1) is 13.5. The van der Waals surface area contributed by atoms with Crippen LogP contribution >= 0.6 is 23.2 Å². The number of rotatable bonds is 7. The van der Waals surface area contributed by atoms with Gasteiger partial charge in [-0.2, -0.15) is 5.10 Å². The predicted octanol–water partition coefficient (Wildman–Crippen LogP) is 2.71. The van der Waals surface area contributed by atoms with Crippen LogP contribution in [0.15, 0.2) is 55.1 Å².